The number of carbonyl (C=O) groups excluding carboxylic acids is 1. The lowest BCUT2D eigenvalue weighted by Gasteiger charge is -2.03. The third-order valence-electron chi connectivity index (χ3n) is 2.85. The van der Waals surface area contributed by atoms with Gasteiger partial charge in [-0.25, -0.2) is 14.4 Å². The Balaban J connectivity index is 2.00. The zero-order chi connectivity index (χ0) is 18.9. The molecule has 7 nitrogen and oxygen atoms in total. The highest BCUT2D eigenvalue weighted by Gasteiger charge is 2.16. The number of rotatable bonds is 4. The van der Waals surface area contributed by atoms with Gasteiger partial charge in [0.1, 0.15) is 17.6 Å². The normalized spacial score (nSPS) is 8.92. The Labute approximate surface area is 147 Å². The first-order chi connectivity index (χ1) is 12.5. The number of hydrogen-bond acceptors (Lipinski definition) is 5. The zero-order valence-electron chi connectivity index (χ0n) is 13.1. The van der Waals surface area contributed by atoms with Crippen molar-refractivity contribution in [1.82, 2.24) is 0 Å². The first-order valence-electron chi connectivity index (χ1n) is 7.02. The minimum absolute atomic E-state index is 0.0218. The Morgan fingerprint density at radius 3 is 2.15 bits per heavy atom. The van der Waals surface area contributed by atoms with Gasteiger partial charge in [0.05, 0.1) is 11.1 Å². The van der Waals surface area contributed by atoms with Gasteiger partial charge < -0.3 is 19.7 Å². The van der Waals surface area contributed by atoms with E-state index in [2.05, 4.69) is 23.9 Å². The van der Waals surface area contributed by atoms with Crippen LogP contribution in [0, 0.1) is 23.9 Å². The maximum Gasteiger partial charge on any atom is 0.390 e. The second-order valence-corrected chi connectivity index (χ2v) is 4.60. The molecule has 0 aliphatic heterocycles. The summed E-state index contributed by atoms with van der Waals surface area (Å²) in [6, 6.07) is 11.7. The molecule has 2 N–H and O–H groups in total. The average molecular weight is 350 g/mol. The van der Waals surface area contributed by atoms with E-state index in [-0.39, 0.29) is 11.3 Å². The van der Waals surface area contributed by atoms with Crippen molar-refractivity contribution in [3.8, 4) is 35.4 Å². The van der Waals surface area contributed by atoms with Crippen molar-refractivity contribution in [2.45, 2.75) is 0 Å². The number of aromatic carboxylic acids is 2. The van der Waals surface area contributed by atoms with Crippen LogP contribution in [0.25, 0.3) is 0 Å². The number of ether oxygens (including phenoxy) is 2. The van der Waals surface area contributed by atoms with Gasteiger partial charge in [-0.1, -0.05) is 18.2 Å². The van der Waals surface area contributed by atoms with Gasteiger partial charge in [0.2, 0.25) is 0 Å². The molecular formula is C19H10O7. The summed E-state index contributed by atoms with van der Waals surface area (Å²) in [7, 11) is 0. The quantitative estimate of drug-likeness (QED) is 0.376. The molecule has 128 valence electrons. The molecule has 26 heavy (non-hydrogen) atoms. The number of carboxylic acid groups (broad SMARTS) is 2. The molecule has 0 aliphatic rings. The van der Waals surface area contributed by atoms with E-state index in [4.69, 9.17) is 19.7 Å². The van der Waals surface area contributed by atoms with Crippen LogP contribution in [-0.4, -0.2) is 28.1 Å². The highest BCUT2D eigenvalue weighted by Crippen LogP contribution is 2.18. The summed E-state index contributed by atoms with van der Waals surface area (Å²) in [6.07, 6.45) is 2.16. The molecule has 0 aliphatic carbocycles. The van der Waals surface area contributed by atoms with Crippen LogP contribution in [0.3, 0.4) is 0 Å². The van der Waals surface area contributed by atoms with Crippen LogP contribution >= 0.6 is 0 Å². The molecule has 0 spiro atoms. The van der Waals surface area contributed by atoms with Crippen molar-refractivity contribution in [2.24, 2.45) is 0 Å². The van der Waals surface area contributed by atoms with Crippen LogP contribution in [0.5, 0.6) is 11.5 Å². The number of esters is 1. The van der Waals surface area contributed by atoms with Crippen LogP contribution < -0.4 is 9.47 Å². The van der Waals surface area contributed by atoms with E-state index in [1.807, 2.05) is 0 Å². The predicted molar refractivity (Wildman–Crippen MR) is 88.6 cm³/mol. The third kappa shape index (κ3) is 5.15. The summed E-state index contributed by atoms with van der Waals surface area (Å²) in [5, 5.41) is 17.9. The summed E-state index contributed by atoms with van der Waals surface area (Å²) < 4.78 is 9.87. The van der Waals surface area contributed by atoms with Gasteiger partial charge in [-0.05, 0) is 30.3 Å². The Morgan fingerprint density at radius 1 is 0.808 bits per heavy atom. The Hall–Kier alpha value is -4.23. The molecule has 0 aromatic heterocycles. The van der Waals surface area contributed by atoms with Crippen molar-refractivity contribution in [2.75, 3.05) is 0 Å². The minimum Gasteiger partial charge on any atom is -0.478 e. The van der Waals surface area contributed by atoms with E-state index in [0.717, 1.165) is 12.1 Å². The number of carboxylic acids is 2. The molecule has 0 unspecified atom stereocenters. The van der Waals surface area contributed by atoms with E-state index < -0.39 is 23.5 Å². The molecule has 0 radical (unpaired) electrons. The highest BCUT2D eigenvalue weighted by molar-refractivity contribution is 6.02. The van der Waals surface area contributed by atoms with Crippen LogP contribution in [0.15, 0.2) is 48.5 Å². The number of benzene rings is 2. The molecule has 0 amide bonds. The topological polar surface area (TPSA) is 110 Å². The molecule has 0 heterocycles. The standard InChI is InChI=1S/C19H10O7/c20-17(26-13-6-2-1-3-7-13)8-4-5-11-25-14-9-10-15(18(21)22)16(12-14)19(23)24/h1-3,6-7,9-10,12H,(H,21,22)(H,23,24). The summed E-state index contributed by atoms with van der Waals surface area (Å²) in [5.74, 6) is 3.37. The molecular weight excluding hydrogens is 340 g/mol. The van der Waals surface area contributed by atoms with Crippen molar-refractivity contribution in [1.29, 1.82) is 0 Å². The molecule has 0 saturated heterocycles. The molecule has 7 heteroatoms. The monoisotopic (exact) mass is 350 g/mol. The van der Waals surface area contributed by atoms with Gasteiger partial charge in [0.15, 0.2) is 0 Å². The van der Waals surface area contributed by atoms with Gasteiger partial charge in [0.25, 0.3) is 0 Å². The van der Waals surface area contributed by atoms with Crippen LogP contribution in [0.2, 0.25) is 0 Å². The molecule has 0 bridgehead atoms. The van der Waals surface area contributed by atoms with Crippen LogP contribution in [-0.2, 0) is 4.79 Å². The van der Waals surface area contributed by atoms with Gasteiger partial charge in [-0.3, -0.25) is 0 Å². The van der Waals surface area contributed by atoms with E-state index in [1.165, 1.54) is 6.07 Å². The van der Waals surface area contributed by atoms with Crippen molar-refractivity contribution >= 4 is 17.9 Å². The molecule has 2 aromatic rings. The van der Waals surface area contributed by atoms with Crippen molar-refractivity contribution in [3.05, 3.63) is 59.7 Å². The molecule has 2 aromatic carbocycles. The smallest absolute Gasteiger partial charge is 0.390 e. The maximum atomic E-state index is 11.4. The first kappa shape index (κ1) is 18.1. The molecule has 0 atom stereocenters. The summed E-state index contributed by atoms with van der Waals surface area (Å²) in [4.78, 5) is 33.4. The Bertz CT molecular complexity index is 970. The SMILES string of the molecule is O=C(C#CC#COc1ccc(C(=O)O)c(C(=O)O)c1)Oc1ccccc1. The van der Waals surface area contributed by atoms with Crippen LogP contribution in [0.1, 0.15) is 20.7 Å². The molecule has 0 fully saturated rings. The van der Waals surface area contributed by atoms with Crippen molar-refractivity contribution < 1.29 is 34.1 Å². The van der Waals surface area contributed by atoms with E-state index >= 15 is 0 Å². The average Bonchev–Trinajstić information content (AvgIpc) is 2.62. The van der Waals surface area contributed by atoms with Gasteiger partial charge >= 0.3 is 17.9 Å². The van der Waals surface area contributed by atoms with Gasteiger partial charge in [-0.15, -0.1) is 0 Å². The van der Waals surface area contributed by atoms with Crippen LogP contribution in [0.4, 0.5) is 0 Å². The maximum absolute atomic E-state index is 11.4. The van der Waals surface area contributed by atoms with E-state index in [1.54, 1.807) is 30.3 Å². The largest absolute Gasteiger partial charge is 0.478 e. The first-order valence-corrected chi connectivity index (χ1v) is 7.02. The van der Waals surface area contributed by atoms with Gasteiger partial charge in [-0.2, -0.15) is 0 Å². The van der Waals surface area contributed by atoms with Crippen molar-refractivity contribution in [3.63, 3.8) is 0 Å². The molecule has 2 rings (SSSR count). The predicted octanol–water partition coefficient (Wildman–Crippen LogP) is 2.03. The van der Waals surface area contributed by atoms with E-state index in [9.17, 15) is 14.4 Å². The summed E-state index contributed by atoms with van der Waals surface area (Å²) in [6.45, 7) is 0. The second kappa shape index (κ2) is 8.57. The summed E-state index contributed by atoms with van der Waals surface area (Å²) in [5.41, 5.74) is -0.810. The Morgan fingerprint density at radius 2 is 1.50 bits per heavy atom. The summed E-state index contributed by atoms with van der Waals surface area (Å²) >= 11 is 0. The zero-order valence-corrected chi connectivity index (χ0v) is 13.1. The lowest BCUT2D eigenvalue weighted by molar-refractivity contribution is -0.128. The fourth-order valence-corrected chi connectivity index (χ4v) is 1.76. The fourth-order valence-electron chi connectivity index (χ4n) is 1.76. The third-order valence-corrected chi connectivity index (χ3v) is 2.85. The highest BCUT2D eigenvalue weighted by atomic mass is 16.5. The lowest BCUT2D eigenvalue weighted by atomic mass is 10.1. The number of para-hydroxylation sites is 1. The Kier molecular flexibility index (Phi) is 5.97. The number of carbonyl (C=O) groups is 3. The fraction of sp³-hybridized carbons (Fsp3) is 0. The minimum atomic E-state index is -1.41. The number of hydrogen-bond donors (Lipinski definition) is 2. The lowest BCUT2D eigenvalue weighted by Crippen LogP contribution is -2.07. The van der Waals surface area contributed by atoms with E-state index in [0.29, 0.717) is 5.75 Å². The van der Waals surface area contributed by atoms with Gasteiger partial charge in [0, 0.05) is 17.8 Å². The molecule has 0 saturated carbocycles. The second-order valence-electron chi connectivity index (χ2n) is 4.60.